The van der Waals surface area contributed by atoms with Crippen LogP contribution in [0.15, 0.2) is 59.5 Å². The van der Waals surface area contributed by atoms with Crippen molar-refractivity contribution in [1.82, 2.24) is 9.21 Å². The van der Waals surface area contributed by atoms with E-state index in [0.29, 0.717) is 25.1 Å². The smallest absolute Gasteiger partial charge is 0.410 e. The molecule has 10 heteroatoms. The molecule has 0 radical (unpaired) electrons. The Balaban J connectivity index is 1.57. The van der Waals surface area contributed by atoms with E-state index in [9.17, 15) is 18.0 Å². The number of amides is 1. The van der Waals surface area contributed by atoms with Gasteiger partial charge in [0, 0.05) is 19.1 Å². The second kappa shape index (κ2) is 10.7. The molecule has 0 spiro atoms. The topological polar surface area (TPSA) is 102 Å². The molecule has 0 saturated carbocycles. The number of hydrogen-bond acceptors (Lipinski definition) is 7. The summed E-state index contributed by atoms with van der Waals surface area (Å²) < 4.78 is 44.6. The zero-order valence-corrected chi connectivity index (χ0v) is 20.6. The molecule has 0 aliphatic carbocycles. The molecule has 2 aliphatic rings. The van der Waals surface area contributed by atoms with E-state index in [0.717, 1.165) is 5.56 Å². The maximum atomic E-state index is 13.7. The summed E-state index contributed by atoms with van der Waals surface area (Å²) in [5.74, 6) is -0.122. The maximum absolute atomic E-state index is 13.7. The minimum atomic E-state index is -4.05. The Hall–Kier alpha value is -3.11. The first-order valence-corrected chi connectivity index (χ1v) is 13.1. The number of hydrogen-bond donors (Lipinski definition) is 0. The molecule has 1 amide bonds. The Labute approximate surface area is 205 Å². The molecule has 3 atom stereocenters. The zero-order chi connectivity index (χ0) is 25.0. The van der Waals surface area contributed by atoms with Gasteiger partial charge in [0.15, 0.2) is 0 Å². The summed E-state index contributed by atoms with van der Waals surface area (Å²) in [5, 5.41) is 0. The van der Waals surface area contributed by atoms with Crippen LogP contribution in [0.3, 0.4) is 0 Å². The molecule has 35 heavy (non-hydrogen) atoms. The third-order valence-corrected chi connectivity index (χ3v) is 8.49. The number of fused-ring (bicyclic) bond motifs is 1. The lowest BCUT2D eigenvalue weighted by atomic mass is 9.91. The van der Waals surface area contributed by atoms with E-state index in [1.165, 1.54) is 28.4 Å². The average Bonchev–Trinajstić information content (AvgIpc) is 3.28. The lowest BCUT2D eigenvalue weighted by Crippen LogP contribution is -2.53. The number of ether oxygens (including phenoxy) is 3. The molecule has 0 unspecified atom stereocenters. The van der Waals surface area contributed by atoms with Crippen LogP contribution in [0.25, 0.3) is 0 Å². The van der Waals surface area contributed by atoms with Gasteiger partial charge in [-0.25, -0.2) is 13.2 Å². The number of sulfonamides is 1. The molecule has 9 nitrogen and oxygen atoms in total. The van der Waals surface area contributed by atoms with E-state index in [4.69, 9.17) is 14.2 Å². The molecule has 2 saturated heterocycles. The fourth-order valence-corrected chi connectivity index (χ4v) is 6.62. The minimum absolute atomic E-state index is 0.0528. The van der Waals surface area contributed by atoms with Crippen molar-refractivity contribution in [1.29, 1.82) is 0 Å². The molecular formula is C25H30N2O7S. The van der Waals surface area contributed by atoms with Crippen LogP contribution in [0.4, 0.5) is 4.79 Å². The summed E-state index contributed by atoms with van der Waals surface area (Å²) >= 11 is 0. The van der Waals surface area contributed by atoms with Crippen LogP contribution in [0, 0.1) is 5.92 Å². The van der Waals surface area contributed by atoms with Crippen molar-refractivity contribution in [2.75, 3.05) is 26.8 Å². The monoisotopic (exact) mass is 502 g/mol. The highest BCUT2D eigenvalue weighted by molar-refractivity contribution is 7.89. The summed E-state index contributed by atoms with van der Waals surface area (Å²) in [5.41, 5.74) is 0.864. The maximum Gasteiger partial charge on any atom is 0.410 e. The number of rotatable bonds is 7. The summed E-state index contributed by atoms with van der Waals surface area (Å²) in [6.45, 7) is 2.54. The fourth-order valence-electron chi connectivity index (χ4n) is 4.80. The second-order valence-corrected chi connectivity index (χ2v) is 10.5. The predicted octanol–water partition coefficient (Wildman–Crippen LogP) is 3.05. The van der Waals surface area contributed by atoms with Gasteiger partial charge < -0.3 is 19.1 Å². The molecule has 0 aromatic heterocycles. The number of benzene rings is 2. The van der Waals surface area contributed by atoms with Crippen molar-refractivity contribution in [2.45, 2.75) is 43.4 Å². The van der Waals surface area contributed by atoms with Crippen molar-refractivity contribution in [2.24, 2.45) is 5.92 Å². The highest BCUT2D eigenvalue weighted by Crippen LogP contribution is 2.40. The Bertz CT molecular complexity index is 1140. The van der Waals surface area contributed by atoms with Gasteiger partial charge in [0.05, 0.1) is 18.6 Å². The fraction of sp³-hybridized carbons (Fsp3) is 0.440. The van der Waals surface area contributed by atoms with Crippen molar-refractivity contribution in [3.63, 3.8) is 0 Å². The second-order valence-electron chi connectivity index (χ2n) is 8.62. The third-order valence-electron chi connectivity index (χ3n) is 6.54. The van der Waals surface area contributed by atoms with E-state index in [1.54, 1.807) is 19.1 Å². The van der Waals surface area contributed by atoms with E-state index < -0.39 is 34.2 Å². The van der Waals surface area contributed by atoms with E-state index in [1.807, 2.05) is 30.3 Å². The molecule has 2 aliphatic heterocycles. The van der Waals surface area contributed by atoms with Crippen molar-refractivity contribution >= 4 is 22.1 Å². The predicted molar refractivity (Wildman–Crippen MR) is 127 cm³/mol. The SMILES string of the molecule is CCOC(=O)[C@@H]1C[C@@H]2CCN(C(=O)OCc3ccccc3)C[C@@H]2N1S(=O)(=O)c1ccc(OC)cc1. The summed E-state index contributed by atoms with van der Waals surface area (Å²) in [7, 11) is -2.55. The lowest BCUT2D eigenvalue weighted by Gasteiger charge is -2.37. The van der Waals surface area contributed by atoms with Gasteiger partial charge in [-0.05, 0) is 55.5 Å². The largest absolute Gasteiger partial charge is 0.497 e. The highest BCUT2D eigenvalue weighted by atomic mass is 32.2. The molecule has 4 rings (SSSR count). The Morgan fingerprint density at radius 3 is 2.40 bits per heavy atom. The van der Waals surface area contributed by atoms with Crippen LogP contribution < -0.4 is 4.74 Å². The van der Waals surface area contributed by atoms with Gasteiger partial charge in [0.2, 0.25) is 10.0 Å². The molecular weight excluding hydrogens is 472 g/mol. The van der Waals surface area contributed by atoms with Crippen LogP contribution in [0.1, 0.15) is 25.3 Å². The minimum Gasteiger partial charge on any atom is -0.497 e. The number of esters is 1. The first kappa shape index (κ1) is 25.0. The number of nitrogens with zero attached hydrogens (tertiary/aromatic N) is 2. The average molecular weight is 503 g/mol. The van der Waals surface area contributed by atoms with E-state index in [-0.39, 0.29) is 30.6 Å². The highest BCUT2D eigenvalue weighted by Gasteiger charge is 2.53. The van der Waals surface area contributed by atoms with Crippen molar-refractivity contribution < 1.29 is 32.2 Å². The van der Waals surface area contributed by atoms with Gasteiger partial charge in [-0.3, -0.25) is 4.79 Å². The molecule has 0 N–H and O–H groups in total. The van der Waals surface area contributed by atoms with Crippen LogP contribution in [-0.4, -0.2) is 68.6 Å². The summed E-state index contributed by atoms with van der Waals surface area (Å²) in [6.07, 6.45) is 0.412. The van der Waals surface area contributed by atoms with E-state index >= 15 is 0 Å². The van der Waals surface area contributed by atoms with Crippen molar-refractivity contribution in [3.05, 3.63) is 60.2 Å². The van der Waals surface area contributed by atoms with Gasteiger partial charge in [-0.1, -0.05) is 30.3 Å². The summed E-state index contributed by atoms with van der Waals surface area (Å²) in [4.78, 5) is 27.2. The van der Waals surface area contributed by atoms with E-state index in [2.05, 4.69) is 0 Å². The van der Waals surface area contributed by atoms with Gasteiger partial charge in [0.1, 0.15) is 18.4 Å². The van der Waals surface area contributed by atoms with Crippen LogP contribution in [0.5, 0.6) is 5.75 Å². The van der Waals surface area contributed by atoms with Gasteiger partial charge in [0.25, 0.3) is 0 Å². The first-order valence-electron chi connectivity index (χ1n) is 11.6. The quantitative estimate of drug-likeness (QED) is 0.536. The standard InChI is InChI=1S/C25H30N2O7S/c1-3-33-24(28)22-15-19-13-14-26(25(29)34-17-18-7-5-4-6-8-18)16-23(19)27(22)35(30,31)21-11-9-20(32-2)10-12-21/h4-12,19,22-23H,3,13-17H2,1-2H3/t19-,22-,23-/m0/s1. The molecule has 0 bridgehead atoms. The molecule has 2 aromatic carbocycles. The molecule has 2 fully saturated rings. The van der Waals surface area contributed by atoms with Gasteiger partial charge >= 0.3 is 12.1 Å². The zero-order valence-electron chi connectivity index (χ0n) is 19.8. The third kappa shape index (κ3) is 5.28. The number of carbonyl (C=O) groups is 2. The Morgan fingerprint density at radius 2 is 1.74 bits per heavy atom. The van der Waals surface area contributed by atoms with Crippen LogP contribution >= 0.6 is 0 Å². The lowest BCUT2D eigenvalue weighted by molar-refractivity contribution is -0.147. The number of methoxy groups -OCH3 is 1. The van der Waals surface area contributed by atoms with Crippen LogP contribution in [0.2, 0.25) is 0 Å². The first-order chi connectivity index (χ1) is 16.8. The molecule has 188 valence electrons. The van der Waals surface area contributed by atoms with Gasteiger partial charge in [-0.15, -0.1) is 0 Å². The van der Waals surface area contributed by atoms with Crippen molar-refractivity contribution in [3.8, 4) is 5.75 Å². The number of piperidine rings is 1. The summed E-state index contributed by atoms with van der Waals surface area (Å²) in [6, 6.07) is 13.9. The normalized spacial score (nSPS) is 22.3. The van der Waals surface area contributed by atoms with Gasteiger partial charge in [-0.2, -0.15) is 4.31 Å². The van der Waals surface area contributed by atoms with Crippen LogP contribution in [-0.2, 0) is 30.9 Å². The number of likely N-dealkylation sites (tertiary alicyclic amines) is 1. The Kier molecular flexibility index (Phi) is 7.61. The molecule has 2 heterocycles. The number of carbonyl (C=O) groups excluding carboxylic acids is 2. The molecule has 2 aromatic rings. The Morgan fingerprint density at radius 1 is 1.03 bits per heavy atom.